The van der Waals surface area contributed by atoms with E-state index < -0.39 is 5.92 Å². The topological polar surface area (TPSA) is 72.9 Å². The standard InChI is InChI=1S/C16H18ClN3O3/c1-18-15(22)12-9-19-6-7-20(16(23)13(19)14(12)21)8-10-2-4-11(17)5-3-10/h2-5,12,21H,6-9H2,1H3,(H,18,22). The number of rotatable bonds is 3. The molecule has 122 valence electrons. The summed E-state index contributed by atoms with van der Waals surface area (Å²) in [5, 5.41) is 13.5. The van der Waals surface area contributed by atoms with Crippen molar-refractivity contribution in [3.05, 3.63) is 46.3 Å². The number of nitrogens with one attached hydrogen (secondary N) is 1. The lowest BCUT2D eigenvalue weighted by atomic mass is 10.1. The molecule has 0 aromatic heterocycles. The van der Waals surface area contributed by atoms with Crippen LogP contribution in [0.3, 0.4) is 0 Å². The number of hydrogen-bond donors (Lipinski definition) is 2. The van der Waals surface area contributed by atoms with Gasteiger partial charge in [-0.3, -0.25) is 9.59 Å². The second kappa shape index (κ2) is 6.12. The van der Waals surface area contributed by atoms with Crippen LogP contribution < -0.4 is 5.32 Å². The van der Waals surface area contributed by atoms with Gasteiger partial charge in [-0.1, -0.05) is 23.7 Å². The Bertz CT molecular complexity index is 672. The van der Waals surface area contributed by atoms with Crippen molar-refractivity contribution in [2.24, 2.45) is 5.92 Å². The first kappa shape index (κ1) is 15.7. The Morgan fingerprint density at radius 1 is 1.35 bits per heavy atom. The van der Waals surface area contributed by atoms with E-state index in [0.717, 1.165) is 5.56 Å². The summed E-state index contributed by atoms with van der Waals surface area (Å²) in [7, 11) is 1.52. The summed E-state index contributed by atoms with van der Waals surface area (Å²) in [5.41, 5.74) is 1.22. The Kier molecular flexibility index (Phi) is 4.17. The number of amides is 2. The molecule has 0 radical (unpaired) electrons. The highest BCUT2D eigenvalue weighted by molar-refractivity contribution is 6.30. The van der Waals surface area contributed by atoms with E-state index in [9.17, 15) is 14.7 Å². The first-order valence-corrected chi connectivity index (χ1v) is 7.82. The van der Waals surface area contributed by atoms with Gasteiger partial charge in [0, 0.05) is 38.2 Å². The predicted molar refractivity (Wildman–Crippen MR) is 85.7 cm³/mol. The van der Waals surface area contributed by atoms with Gasteiger partial charge >= 0.3 is 0 Å². The van der Waals surface area contributed by atoms with Gasteiger partial charge in [-0.2, -0.15) is 0 Å². The molecule has 0 spiro atoms. The summed E-state index contributed by atoms with van der Waals surface area (Å²) in [4.78, 5) is 27.9. The highest BCUT2D eigenvalue weighted by Crippen LogP contribution is 2.31. The summed E-state index contributed by atoms with van der Waals surface area (Å²) in [6.45, 7) is 1.96. The number of aliphatic hydroxyl groups excluding tert-OH is 1. The van der Waals surface area contributed by atoms with Crippen LogP contribution in [0.15, 0.2) is 35.7 Å². The van der Waals surface area contributed by atoms with E-state index in [1.54, 1.807) is 21.9 Å². The number of carbonyl (C=O) groups is 2. The van der Waals surface area contributed by atoms with Gasteiger partial charge in [-0.25, -0.2) is 0 Å². The van der Waals surface area contributed by atoms with Crippen molar-refractivity contribution in [1.29, 1.82) is 0 Å². The van der Waals surface area contributed by atoms with E-state index in [1.165, 1.54) is 7.05 Å². The number of aliphatic hydroxyl groups is 1. The van der Waals surface area contributed by atoms with E-state index in [-0.39, 0.29) is 23.3 Å². The summed E-state index contributed by atoms with van der Waals surface area (Å²) >= 11 is 5.87. The minimum atomic E-state index is -0.672. The third-order valence-electron chi connectivity index (χ3n) is 4.27. The van der Waals surface area contributed by atoms with Crippen molar-refractivity contribution < 1.29 is 14.7 Å². The first-order chi connectivity index (χ1) is 11.0. The van der Waals surface area contributed by atoms with Crippen molar-refractivity contribution >= 4 is 23.4 Å². The highest BCUT2D eigenvalue weighted by Gasteiger charge is 2.42. The van der Waals surface area contributed by atoms with Crippen LogP contribution in [0.5, 0.6) is 0 Å². The van der Waals surface area contributed by atoms with Crippen LogP contribution >= 0.6 is 11.6 Å². The van der Waals surface area contributed by atoms with Crippen LogP contribution in [-0.2, 0) is 16.1 Å². The molecule has 2 heterocycles. The monoisotopic (exact) mass is 335 g/mol. The Balaban J connectivity index is 1.80. The molecule has 1 aromatic carbocycles. The molecule has 2 aliphatic heterocycles. The zero-order chi connectivity index (χ0) is 16.6. The molecule has 2 N–H and O–H groups in total. The minimum absolute atomic E-state index is 0.129. The van der Waals surface area contributed by atoms with Gasteiger partial charge in [-0.15, -0.1) is 0 Å². The maximum absolute atomic E-state index is 12.7. The molecule has 1 saturated heterocycles. The van der Waals surface area contributed by atoms with Gasteiger partial charge in [-0.05, 0) is 17.7 Å². The molecule has 6 nitrogen and oxygen atoms in total. The highest BCUT2D eigenvalue weighted by atomic mass is 35.5. The molecule has 1 aromatic rings. The first-order valence-electron chi connectivity index (χ1n) is 7.44. The summed E-state index contributed by atoms with van der Waals surface area (Å²) in [5.74, 6) is -1.32. The lowest BCUT2D eigenvalue weighted by molar-refractivity contribution is -0.132. The van der Waals surface area contributed by atoms with E-state index in [2.05, 4.69) is 5.32 Å². The number of halogens is 1. The van der Waals surface area contributed by atoms with Crippen LogP contribution in [0.4, 0.5) is 0 Å². The molecule has 23 heavy (non-hydrogen) atoms. The summed E-state index contributed by atoms with van der Waals surface area (Å²) in [6.07, 6.45) is 0. The Labute approximate surface area is 139 Å². The predicted octanol–water partition coefficient (Wildman–Crippen LogP) is 1.13. The maximum atomic E-state index is 12.7. The van der Waals surface area contributed by atoms with Gasteiger partial charge in [0.25, 0.3) is 5.91 Å². The van der Waals surface area contributed by atoms with E-state index in [4.69, 9.17) is 11.6 Å². The minimum Gasteiger partial charge on any atom is -0.509 e. The summed E-state index contributed by atoms with van der Waals surface area (Å²) < 4.78 is 0. The average molecular weight is 336 g/mol. The molecular weight excluding hydrogens is 318 g/mol. The lowest BCUT2D eigenvalue weighted by Gasteiger charge is -2.34. The number of carbonyl (C=O) groups excluding carboxylic acids is 2. The second-order valence-corrected chi connectivity index (χ2v) is 6.14. The zero-order valence-electron chi connectivity index (χ0n) is 12.8. The Hall–Kier alpha value is -2.21. The van der Waals surface area contributed by atoms with Crippen LogP contribution in [-0.4, -0.2) is 53.4 Å². The van der Waals surface area contributed by atoms with E-state index in [0.29, 0.717) is 31.2 Å². The van der Waals surface area contributed by atoms with Crippen molar-refractivity contribution in [3.63, 3.8) is 0 Å². The van der Waals surface area contributed by atoms with Crippen molar-refractivity contribution in [2.75, 3.05) is 26.7 Å². The molecular formula is C16H18ClN3O3. The molecule has 0 saturated carbocycles. The molecule has 2 aliphatic rings. The quantitative estimate of drug-likeness (QED) is 0.868. The van der Waals surface area contributed by atoms with Crippen LogP contribution in [0.25, 0.3) is 0 Å². The zero-order valence-corrected chi connectivity index (χ0v) is 13.5. The van der Waals surface area contributed by atoms with Crippen LogP contribution in [0.1, 0.15) is 5.56 Å². The molecule has 1 fully saturated rings. The summed E-state index contributed by atoms with van der Waals surface area (Å²) in [6, 6.07) is 7.31. The SMILES string of the molecule is CNC(=O)C1CN2CCN(Cc3ccc(Cl)cc3)C(=O)C2=C1O. The van der Waals surface area contributed by atoms with Crippen molar-refractivity contribution in [3.8, 4) is 0 Å². The number of nitrogens with zero attached hydrogens (tertiary/aromatic N) is 2. The van der Waals surface area contributed by atoms with Crippen molar-refractivity contribution in [1.82, 2.24) is 15.1 Å². The molecule has 0 bridgehead atoms. The fourth-order valence-electron chi connectivity index (χ4n) is 3.01. The number of fused-ring (bicyclic) bond motifs is 1. The van der Waals surface area contributed by atoms with Gasteiger partial charge in [0.15, 0.2) is 0 Å². The molecule has 1 atom stereocenters. The average Bonchev–Trinajstić information content (AvgIpc) is 2.89. The Morgan fingerprint density at radius 3 is 2.70 bits per heavy atom. The smallest absolute Gasteiger partial charge is 0.274 e. The fraction of sp³-hybridized carbons (Fsp3) is 0.375. The second-order valence-electron chi connectivity index (χ2n) is 5.70. The Morgan fingerprint density at radius 2 is 2.04 bits per heavy atom. The largest absolute Gasteiger partial charge is 0.509 e. The maximum Gasteiger partial charge on any atom is 0.274 e. The van der Waals surface area contributed by atoms with Gasteiger partial charge in [0.2, 0.25) is 5.91 Å². The van der Waals surface area contributed by atoms with E-state index >= 15 is 0 Å². The molecule has 7 heteroatoms. The van der Waals surface area contributed by atoms with Gasteiger partial charge in [0.1, 0.15) is 17.4 Å². The third-order valence-corrected chi connectivity index (χ3v) is 4.52. The normalized spacial score (nSPS) is 20.8. The number of piperazine rings is 1. The lowest BCUT2D eigenvalue weighted by Crippen LogP contribution is -2.47. The third kappa shape index (κ3) is 2.86. The van der Waals surface area contributed by atoms with Gasteiger partial charge in [0.05, 0.1) is 0 Å². The molecule has 2 amide bonds. The van der Waals surface area contributed by atoms with Crippen LogP contribution in [0.2, 0.25) is 5.02 Å². The van der Waals surface area contributed by atoms with E-state index in [1.807, 2.05) is 12.1 Å². The number of benzene rings is 1. The molecule has 1 unspecified atom stereocenters. The number of hydrogen-bond acceptors (Lipinski definition) is 4. The molecule has 3 rings (SSSR count). The molecule has 0 aliphatic carbocycles. The van der Waals surface area contributed by atoms with Gasteiger partial charge < -0.3 is 20.2 Å². The van der Waals surface area contributed by atoms with Crippen molar-refractivity contribution in [2.45, 2.75) is 6.54 Å². The fourth-order valence-corrected chi connectivity index (χ4v) is 3.13. The van der Waals surface area contributed by atoms with Crippen LogP contribution in [0, 0.1) is 5.92 Å².